The molecule has 1 fully saturated rings. The zero-order valence-electron chi connectivity index (χ0n) is 11.3. The highest BCUT2D eigenvalue weighted by Crippen LogP contribution is 2.19. The van der Waals surface area contributed by atoms with Crippen LogP contribution in [-0.4, -0.2) is 30.1 Å². The Labute approximate surface area is 115 Å². The topological polar surface area (TPSA) is 29.3 Å². The van der Waals surface area contributed by atoms with E-state index in [-0.39, 0.29) is 0 Å². The van der Waals surface area contributed by atoms with E-state index in [1.807, 2.05) is 12.1 Å². The summed E-state index contributed by atoms with van der Waals surface area (Å²) in [5.74, 6) is 0.710. The Balaban J connectivity index is 1.94. The quantitative estimate of drug-likeness (QED) is 0.912. The predicted octanol–water partition coefficient (Wildman–Crippen LogP) is 2.94. The molecular weight excluding hydrogens is 244 g/mol. The Bertz CT molecular complexity index is 367. The highest BCUT2D eigenvalue weighted by Gasteiger charge is 2.25. The van der Waals surface area contributed by atoms with Crippen LogP contribution in [-0.2, 0) is 6.42 Å². The van der Waals surface area contributed by atoms with E-state index in [2.05, 4.69) is 30.9 Å². The fraction of sp³-hybridized carbons (Fsp3) is 0.600. The molecule has 0 spiro atoms. The van der Waals surface area contributed by atoms with Crippen LogP contribution < -0.4 is 5.73 Å². The minimum absolute atomic E-state index is 0.335. The fourth-order valence-electron chi connectivity index (χ4n) is 2.89. The van der Waals surface area contributed by atoms with Crippen LogP contribution in [0.25, 0.3) is 0 Å². The van der Waals surface area contributed by atoms with Gasteiger partial charge in [0.2, 0.25) is 0 Å². The molecule has 1 saturated heterocycles. The molecule has 3 unspecified atom stereocenters. The van der Waals surface area contributed by atoms with Gasteiger partial charge in [0, 0.05) is 30.2 Å². The van der Waals surface area contributed by atoms with Crippen molar-refractivity contribution >= 4 is 11.6 Å². The largest absolute Gasteiger partial charge is 0.327 e. The van der Waals surface area contributed by atoms with E-state index in [1.165, 1.54) is 12.1 Å². The SMILES string of the molecule is CC1CC(N)CN(C(C)Cc2ccc(Cl)cc2)C1. The van der Waals surface area contributed by atoms with Gasteiger partial charge in [-0.2, -0.15) is 0 Å². The summed E-state index contributed by atoms with van der Waals surface area (Å²) >= 11 is 5.91. The molecule has 3 heteroatoms. The van der Waals surface area contributed by atoms with Crippen LogP contribution in [0.4, 0.5) is 0 Å². The molecule has 1 aliphatic heterocycles. The Morgan fingerprint density at radius 2 is 2.00 bits per heavy atom. The van der Waals surface area contributed by atoms with Crippen LogP contribution in [0.1, 0.15) is 25.8 Å². The predicted molar refractivity (Wildman–Crippen MR) is 77.9 cm³/mol. The molecule has 2 N–H and O–H groups in total. The van der Waals surface area contributed by atoms with E-state index in [0.29, 0.717) is 18.0 Å². The zero-order chi connectivity index (χ0) is 13.1. The van der Waals surface area contributed by atoms with Crippen molar-refractivity contribution in [2.45, 2.75) is 38.8 Å². The second-order valence-electron chi connectivity index (χ2n) is 5.73. The Hall–Kier alpha value is -0.570. The molecule has 0 amide bonds. The lowest BCUT2D eigenvalue weighted by Crippen LogP contribution is -2.50. The number of nitrogens with two attached hydrogens (primary N) is 1. The Kier molecular flexibility index (Phi) is 4.66. The number of piperidine rings is 1. The smallest absolute Gasteiger partial charge is 0.0406 e. The van der Waals surface area contributed by atoms with Gasteiger partial charge in [-0.15, -0.1) is 0 Å². The molecule has 18 heavy (non-hydrogen) atoms. The molecule has 0 aromatic heterocycles. The van der Waals surface area contributed by atoms with Gasteiger partial charge in [0.25, 0.3) is 0 Å². The standard InChI is InChI=1S/C15H23ClN2/c1-11-7-15(17)10-18(9-11)12(2)8-13-3-5-14(16)6-4-13/h3-6,11-12,15H,7-10,17H2,1-2H3. The molecule has 0 bridgehead atoms. The lowest BCUT2D eigenvalue weighted by atomic mass is 9.94. The van der Waals surface area contributed by atoms with Gasteiger partial charge in [-0.25, -0.2) is 0 Å². The summed E-state index contributed by atoms with van der Waals surface area (Å²) in [5.41, 5.74) is 7.45. The van der Waals surface area contributed by atoms with Crippen LogP contribution in [0, 0.1) is 5.92 Å². The molecular formula is C15H23ClN2. The van der Waals surface area contributed by atoms with Crippen LogP contribution >= 0.6 is 11.6 Å². The molecule has 2 nitrogen and oxygen atoms in total. The highest BCUT2D eigenvalue weighted by atomic mass is 35.5. The van der Waals surface area contributed by atoms with Crippen molar-refractivity contribution in [2.75, 3.05) is 13.1 Å². The zero-order valence-corrected chi connectivity index (χ0v) is 12.0. The van der Waals surface area contributed by atoms with Gasteiger partial charge < -0.3 is 5.73 Å². The van der Waals surface area contributed by atoms with Crippen molar-refractivity contribution in [2.24, 2.45) is 11.7 Å². The molecule has 0 aliphatic carbocycles. The second-order valence-corrected chi connectivity index (χ2v) is 6.17. The van der Waals surface area contributed by atoms with Crippen molar-refractivity contribution in [3.63, 3.8) is 0 Å². The van der Waals surface area contributed by atoms with Gasteiger partial charge in [-0.1, -0.05) is 30.7 Å². The van der Waals surface area contributed by atoms with Crippen molar-refractivity contribution in [1.29, 1.82) is 0 Å². The van der Waals surface area contributed by atoms with Crippen LogP contribution in [0.5, 0.6) is 0 Å². The first kappa shape index (κ1) is 13.9. The summed E-state index contributed by atoms with van der Waals surface area (Å²) in [4.78, 5) is 2.52. The Morgan fingerprint density at radius 1 is 1.33 bits per heavy atom. The third kappa shape index (κ3) is 3.71. The van der Waals surface area contributed by atoms with E-state index in [0.717, 1.165) is 24.4 Å². The molecule has 1 aromatic rings. The van der Waals surface area contributed by atoms with E-state index < -0.39 is 0 Å². The summed E-state index contributed by atoms with van der Waals surface area (Å²) < 4.78 is 0. The summed E-state index contributed by atoms with van der Waals surface area (Å²) in [7, 11) is 0. The van der Waals surface area contributed by atoms with Gasteiger partial charge in [0.15, 0.2) is 0 Å². The first-order valence-electron chi connectivity index (χ1n) is 6.78. The van der Waals surface area contributed by atoms with Crippen molar-refractivity contribution in [3.05, 3.63) is 34.9 Å². The minimum atomic E-state index is 0.335. The molecule has 0 radical (unpaired) electrons. The first-order chi connectivity index (χ1) is 8.54. The van der Waals surface area contributed by atoms with Crippen molar-refractivity contribution in [3.8, 4) is 0 Å². The molecule has 100 valence electrons. The maximum atomic E-state index is 6.11. The average molecular weight is 267 g/mol. The normalized spacial score (nSPS) is 27.1. The number of likely N-dealkylation sites (tertiary alicyclic amines) is 1. The first-order valence-corrected chi connectivity index (χ1v) is 7.16. The summed E-state index contributed by atoms with van der Waals surface area (Å²) in [5, 5.41) is 0.806. The molecule has 0 saturated carbocycles. The fourth-order valence-corrected chi connectivity index (χ4v) is 3.02. The van der Waals surface area contributed by atoms with E-state index in [4.69, 9.17) is 17.3 Å². The van der Waals surface area contributed by atoms with Gasteiger partial charge >= 0.3 is 0 Å². The maximum Gasteiger partial charge on any atom is 0.0406 e. The van der Waals surface area contributed by atoms with Crippen molar-refractivity contribution in [1.82, 2.24) is 4.90 Å². The van der Waals surface area contributed by atoms with Gasteiger partial charge in [0.05, 0.1) is 0 Å². The third-order valence-corrected chi connectivity index (χ3v) is 4.04. The summed E-state index contributed by atoms with van der Waals surface area (Å²) in [6, 6.07) is 9.04. The molecule has 1 aromatic carbocycles. The van der Waals surface area contributed by atoms with E-state index >= 15 is 0 Å². The number of benzene rings is 1. The van der Waals surface area contributed by atoms with E-state index in [9.17, 15) is 0 Å². The van der Waals surface area contributed by atoms with Gasteiger partial charge in [-0.3, -0.25) is 4.90 Å². The monoisotopic (exact) mass is 266 g/mol. The van der Waals surface area contributed by atoms with Crippen LogP contribution in [0.2, 0.25) is 5.02 Å². The Morgan fingerprint density at radius 3 is 2.61 bits per heavy atom. The second kappa shape index (κ2) is 6.05. The number of halogens is 1. The molecule has 3 atom stereocenters. The molecule has 2 rings (SSSR count). The highest BCUT2D eigenvalue weighted by molar-refractivity contribution is 6.30. The van der Waals surface area contributed by atoms with Gasteiger partial charge in [0.1, 0.15) is 0 Å². The lowest BCUT2D eigenvalue weighted by Gasteiger charge is -2.38. The number of hydrogen-bond acceptors (Lipinski definition) is 2. The molecule has 1 aliphatic rings. The van der Waals surface area contributed by atoms with Crippen LogP contribution in [0.15, 0.2) is 24.3 Å². The number of nitrogens with zero attached hydrogens (tertiary/aromatic N) is 1. The number of rotatable bonds is 3. The lowest BCUT2D eigenvalue weighted by molar-refractivity contribution is 0.123. The van der Waals surface area contributed by atoms with Crippen LogP contribution in [0.3, 0.4) is 0 Å². The maximum absolute atomic E-state index is 6.11. The average Bonchev–Trinajstić information content (AvgIpc) is 2.31. The molecule has 1 heterocycles. The van der Waals surface area contributed by atoms with Crippen molar-refractivity contribution < 1.29 is 0 Å². The summed E-state index contributed by atoms with van der Waals surface area (Å²) in [6.45, 7) is 6.78. The van der Waals surface area contributed by atoms with Gasteiger partial charge in [-0.05, 0) is 43.4 Å². The minimum Gasteiger partial charge on any atom is -0.327 e. The third-order valence-electron chi connectivity index (χ3n) is 3.79. The summed E-state index contributed by atoms with van der Waals surface area (Å²) in [6.07, 6.45) is 2.22. The van der Waals surface area contributed by atoms with E-state index in [1.54, 1.807) is 0 Å². The number of hydrogen-bond donors (Lipinski definition) is 1.